The average Bonchev–Trinajstić information content (AvgIpc) is 2.52. The molecule has 0 spiro atoms. The van der Waals surface area contributed by atoms with Crippen LogP contribution in [-0.2, 0) is 4.79 Å². The van der Waals surface area contributed by atoms with Crippen LogP contribution >= 0.6 is 28.3 Å². The number of carbonyl (C=O) groups excluding carboxylic acids is 1. The van der Waals surface area contributed by atoms with Gasteiger partial charge in [-0.05, 0) is 50.6 Å². The van der Waals surface area contributed by atoms with Crippen molar-refractivity contribution >= 4 is 34.2 Å². The first-order valence-electron chi connectivity index (χ1n) is 7.70. The molecule has 1 amide bonds. The van der Waals surface area contributed by atoms with E-state index in [1.807, 2.05) is 4.90 Å². The van der Waals surface area contributed by atoms with Gasteiger partial charge in [-0.2, -0.15) is 0 Å². The number of rotatable bonds is 6. The van der Waals surface area contributed by atoms with Crippen LogP contribution in [0.4, 0.5) is 4.39 Å². The Kier molecular flexibility index (Phi) is 8.87. The second kappa shape index (κ2) is 10.1. The van der Waals surface area contributed by atoms with Crippen LogP contribution in [-0.4, -0.2) is 43.1 Å². The first-order valence-corrected chi connectivity index (χ1v) is 8.49. The quantitative estimate of drug-likeness (QED) is 0.783. The van der Waals surface area contributed by atoms with Gasteiger partial charge in [0.25, 0.3) is 5.91 Å². The largest absolute Gasteiger partial charge is 0.481 e. The van der Waals surface area contributed by atoms with Crippen LogP contribution in [0.25, 0.3) is 0 Å². The average molecular weight is 410 g/mol. The molecule has 0 bridgehead atoms. The molecule has 1 saturated heterocycles. The lowest BCUT2D eigenvalue weighted by Gasteiger charge is -2.34. The number of benzene rings is 1. The van der Waals surface area contributed by atoms with Crippen molar-refractivity contribution in [3.8, 4) is 5.75 Å². The number of hydrogen-bond acceptors (Lipinski definition) is 3. The van der Waals surface area contributed by atoms with Gasteiger partial charge in [0, 0.05) is 17.1 Å². The van der Waals surface area contributed by atoms with Crippen LogP contribution in [0.1, 0.15) is 26.2 Å². The van der Waals surface area contributed by atoms with Gasteiger partial charge in [0.15, 0.2) is 18.2 Å². The summed E-state index contributed by atoms with van der Waals surface area (Å²) in [4.78, 5) is 14.3. The van der Waals surface area contributed by atoms with E-state index < -0.39 is 5.82 Å². The van der Waals surface area contributed by atoms with Crippen molar-refractivity contribution in [1.82, 2.24) is 10.2 Å². The molecule has 1 aromatic carbocycles. The Hall–Kier alpha value is -0.850. The summed E-state index contributed by atoms with van der Waals surface area (Å²) >= 11 is 3.20. The normalized spacial score (nSPS) is 14.9. The van der Waals surface area contributed by atoms with Crippen LogP contribution in [0.3, 0.4) is 0 Å². The summed E-state index contributed by atoms with van der Waals surface area (Å²) in [6.07, 6.45) is 2.82. The third kappa shape index (κ3) is 5.94. The maximum Gasteiger partial charge on any atom is 0.260 e. The molecule has 7 heteroatoms. The molecular formula is C16H23BrClFN2O2. The number of carbonyl (C=O) groups is 1. The molecule has 0 aromatic heterocycles. The van der Waals surface area contributed by atoms with Gasteiger partial charge in [-0.1, -0.05) is 22.9 Å². The lowest BCUT2D eigenvalue weighted by molar-refractivity contribution is -0.136. The van der Waals surface area contributed by atoms with Crippen LogP contribution < -0.4 is 10.1 Å². The van der Waals surface area contributed by atoms with E-state index in [-0.39, 0.29) is 36.7 Å². The monoisotopic (exact) mass is 408 g/mol. The maximum atomic E-state index is 13.7. The van der Waals surface area contributed by atoms with Gasteiger partial charge >= 0.3 is 0 Å². The van der Waals surface area contributed by atoms with Gasteiger partial charge in [-0.25, -0.2) is 4.39 Å². The van der Waals surface area contributed by atoms with Crippen molar-refractivity contribution in [1.29, 1.82) is 0 Å². The molecule has 0 atom stereocenters. The topological polar surface area (TPSA) is 41.6 Å². The van der Waals surface area contributed by atoms with Crippen LogP contribution in [0, 0.1) is 5.82 Å². The second-order valence-corrected chi connectivity index (χ2v) is 6.35. The number of nitrogens with zero attached hydrogens (tertiary/aromatic N) is 1. The summed E-state index contributed by atoms with van der Waals surface area (Å²) in [7, 11) is 0. The number of hydrogen-bond donors (Lipinski definition) is 1. The lowest BCUT2D eigenvalue weighted by Crippen LogP contribution is -2.48. The zero-order valence-corrected chi connectivity index (χ0v) is 15.6. The van der Waals surface area contributed by atoms with Crippen LogP contribution in [0.5, 0.6) is 5.75 Å². The zero-order valence-electron chi connectivity index (χ0n) is 13.2. The molecule has 130 valence electrons. The van der Waals surface area contributed by atoms with Crippen molar-refractivity contribution in [2.24, 2.45) is 0 Å². The smallest absolute Gasteiger partial charge is 0.260 e. The van der Waals surface area contributed by atoms with Crippen molar-refractivity contribution in [3.63, 3.8) is 0 Å². The Morgan fingerprint density at radius 3 is 2.74 bits per heavy atom. The number of piperidine rings is 1. The second-order valence-electron chi connectivity index (χ2n) is 5.43. The molecule has 23 heavy (non-hydrogen) atoms. The number of ether oxygens (including phenoxy) is 1. The fourth-order valence-corrected chi connectivity index (χ4v) is 3.02. The van der Waals surface area contributed by atoms with E-state index >= 15 is 0 Å². The predicted molar refractivity (Wildman–Crippen MR) is 94.7 cm³/mol. The van der Waals surface area contributed by atoms with Gasteiger partial charge in [0.1, 0.15) is 0 Å². The molecule has 1 aliphatic rings. The number of nitrogens with one attached hydrogen (secondary N) is 1. The maximum absolute atomic E-state index is 13.7. The van der Waals surface area contributed by atoms with E-state index in [1.54, 1.807) is 6.07 Å². The Balaban J connectivity index is 0.00000264. The molecule has 1 aromatic rings. The highest BCUT2D eigenvalue weighted by atomic mass is 79.9. The Morgan fingerprint density at radius 1 is 1.43 bits per heavy atom. The van der Waals surface area contributed by atoms with Crippen LogP contribution in [0.15, 0.2) is 22.7 Å². The molecule has 0 saturated carbocycles. The van der Waals surface area contributed by atoms with Crippen molar-refractivity contribution in [2.75, 3.05) is 26.2 Å². The van der Waals surface area contributed by atoms with Gasteiger partial charge in [0.2, 0.25) is 0 Å². The summed E-state index contributed by atoms with van der Waals surface area (Å²) in [5, 5.41) is 3.30. The minimum Gasteiger partial charge on any atom is -0.481 e. The minimum absolute atomic E-state index is 0. The van der Waals surface area contributed by atoms with Crippen molar-refractivity contribution in [3.05, 3.63) is 28.5 Å². The zero-order chi connectivity index (χ0) is 15.9. The molecule has 1 aliphatic heterocycles. The fourth-order valence-electron chi connectivity index (χ4n) is 2.68. The Labute approximate surface area is 151 Å². The predicted octanol–water partition coefficient (Wildman–Crippen LogP) is 3.38. The Morgan fingerprint density at radius 2 is 2.13 bits per heavy atom. The fraction of sp³-hybridized carbons (Fsp3) is 0.562. The number of halogens is 3. The first kappa shape index (κ1) is 20.2. The highest BCUT2D eigenvalue weighted by Gasteiger charge is 2.25. The van der Waals surface area contributed by atoms with Gasteiger partial charge in [-0.3, -0.25) is 4.79 Å². The molecular weight excluding hydrogens is 387 g/mol. The summed E-state index contributed by atoms with van der Waals surface area (Å²) < 4.78 is 19.7. The van der Waals surface area contributed by atoms with Crippen molar-refractivity contribution in [2.45, 2.75) is 32.2 Å². The number of amides is 1. The lowest BCUT2D eigenvalue weighted by atomic mass is 10.0. The van der Waals surface area contributed by atoms with E-state index in [2.05, 4.69) is 28.2 Å². The molecule has 1 heterocycles. The molecule has 1 fully saturated rings. The molecule has 1 N–H and O–H groups in total. The minimum atomic E-state index is -0.467. The highest BCUT2D eigenvalue weighted by Crippen LogP contribution is 2.21. The summed E-state index contributed by atoms with van der Waals surface area (Å²) in [5.41, 5.74) is 0. The molecule has 0 radical (unpaired) electrons. The van der Waals surface area contributed by atoms with Gasteiger partial charge < -0.3 is 15.0 Å². The van der Waals surface area contributed by atoms with Crippen LogP contribution in [0.2, 0.25) is 0 Å². The third-order valence-electron chi connectivity index (χ3n) is 3.78. The van der Waals surface area contributed by atoms with Crippen molar-refractivity contribution < 1.29 is 13.9 Å². The van der Waals surface area contributed by atoms with E-state index in [1.165, 1.54) is 12.1 Å². The van der Waals surface area contributed by atoms with E-state index in [4.69, 9.17) is 4.74 Å². The first-order chi connectivity index (χ1) is 10.6. The van der Waals surface area contributed by atoms with Gasteiger partial charge in [0.05, 0.1) is 0 Å². The molecule has 4 nitrogen and oxygen atoms in total. The van der Waals surface area contributed by atoms with E-state index in [9.17, 15) is 9.18 Å². The summed E-state index contributed by atoms with van der Waals surface area (Å²) in [5.74, 6) is -0.430. The molecule has 0 unspecified atom stereocenters. The third-order valence-corrected chi connectivity index (χ3v) is 4.27. The summed E-state index contributed by atoms with van der Waals surface area (Å²) in [6.45, 7) is 4.51. The highest BCUT2D eigenvalue weighted by molar-refractivity contribution is 9.10. The Bertz CT molecular complexity index is 513. The standard InChI is InChI=1S/C16H22BrFN2O2.ClH/c1-2-9-20(13-5-7-19-8-6-13)16(21)11-22-15-4-3-12(17)10-14(15)18;/h3-4,10,13,19H,2,5-9,11H2,1H3;1H. The molecule has 0 aliphatic carbocycles. The SMILES string of the molecule is CCCN(C(=O)COc1ccc(Br)cc1F)C1CCNCC1.Cl. The molecule has 2 rings (SSSR count). The summed E-state index contributed by atoms with van der Waals surface area (Å²) in [6, 6.07) is 4.81. The van der Waals surface area contributed by atoms with E-state index in [0.29, 0.717) is 4.47 Å². The van der Waals surface area contributed by atoms with E-state index in [0.717, 1.165) is 38.9 Å². The van der Waals surface area contributed by atoms with Gasteiger partial charge in [-0.15, -0.1) is 12.4 Å².